The fourth-order valence-corrected chi connectivity index (χ4v) is 4.46. The number of benzene rings is 1. The highest BCUT2D eigenvalue weighted by Gasteiger charge is 2.34. The number of hydrogen-bond acceptors (Lipinski definition) is 2. The molecule has 3 unspecified atom stereocenters. The van der Waals surface area contributed by atoms with Crippen molar-refractivity contribution in [3.63, 3.8) is 0 Å². The summed E-state index contributed by atoms with van der Waals surface area (Å²) in [6.07, 6.45) is 5.67. The zero-order chi connectivity index (χ0) is 15.4. The van der Waals surface area contributed by atoms with Gasteiger partial charge in [0.2, 0.25) is 0 Å². The summed E-state index contributed by atoms with van der Waals surface area (Å²) in [5, 5.41) is 0. The Balaban J connectivity index is 1.68. The second-order valence-corrected chi connectivity index (χ2v) is 7.57. The Morgan fingerprint density at radius 1 is 0.955 bits per heavy atom. The van der Waals surface area contributed by atoms with Crippen LogP contribution in [0.2, 0.25) is 0 Å². The largest absolute Gasteiger partial charge is 0.305 e. The van der Waals surface area contributed by atoms with Gasteiger partial charge in [-0.1, -0.05) is 50.1 Å². The molecule has 2 heterocycles. The van der Waals surface area contributed by atoms with Crippen LogP contribution >= 0.6 is 0 Å². The van der Waals surface area contributed by atoms with Gasteiger partial charge < -0.3 is 9.80 Å². The van der Waals surface area contributed by atoms with Crippen LogP contribution in [-0.4, -0.2) is 49.6 Å². The summed E-state index contributed by atoms with van der Waals surface area (Å²) in [5.41, 5.74) is 1.53. The van der Waals surface area contributed by atoms with Crippen LogP contribution in [0.1, 0.15) is 44.1 Å². The van der Waals surface area contributed by atoms with Gasteiger partial charge in [0.25, 0.3) is 0 Å². The molecule has 2 heteroatoms. The summed E-state index contributed by atoms with van der Waals surface area (Å²) in [5.74, 6) is 2.28. The Labute approximate surface area is 136 Å². The smallest absolute Gasteiger partial charge is 0.00500 e. The molecule has 0 spiro atoms. The van der Waals surface area contributed by atoms with Crippen molar-refractivity contribution >= 4 is 0 Å². The predicted octanol–water partition coefficient (Wildman–Crippen LogP) is 3.84. The number of hydrogen-bond donors (Lipinski definition) is 0. The van der Waals surface area contributed by atoms with Crippen molar-refractivity contribution in [1.82, 2.24) is 9.80 Å². The van der Waals surface area contributed by atoms with E-state index in [1.54, 1.807) is 0 Å². The van der Waals surface area contributed by atoms with Crippen LogP contribution in [0.4, 0.5) is 0 Å². The molecule has 0 saturated carbocycles. The highest BCUT2D eigenvalue weighted by molar-refractivity contribution is 5.21. The van der Waals surface area contributed by atoms with E-state index in [9.17, 15) is 0 Å². The topological polar surface area (TPSA) is 6.48 Å². The maximum absolute atomic E-state index is 2.75. The first-order chi connectivity index (χ1) is 10.7. The van der Waals surface area contributed by atoms with Gasteiger partial charge in [0, 0.05) is 19.6 Å². The zero-order valence-corrected chi connectivity index (χ0v) is 14.4. The number of likely N-dealkylation sites (N-methyl/N-ethyl adjacent to an activating group) is 1. The molecule has 0 amide bonds. The lowest BCUT2D eigenvalue weighted by Crippen LogP contribution is -2.47. The monoisotopic (exact) mass is 300 g/mol. The summed E-state index contributed by atoms with van der Waals surface area (Å²) < 4.78 is 0. The molecule has 3 rings (SSSR count). The Hall–Kier alpha value is -0.860. The molecule has 0 N–H and O–H groups in total. The van der Waals surface area contributed by atoms with Crippen LogP contribution in [-0.2, 0) is 0 Å². The van der Waals surface area contributed by atoms with Gasteiger partial charge in [0.15, 0.2) is 0 Å². The summed E-state index contributed by atoms with van der Waals surface area (Å²) in [7, 11) is 2.30. The lowest BCUT2D eigenvalue weighted by molar-refractivity contribution is 0.0921. The standard InChI is InChI=1S/C20H32N2/c1-17-19(15-22-12-8-3-4-9-13-22)14-21(2)16-20(17)18-10-6-5-7-11-18/h5-7,10-11,17,19-20H,3-4,8-9,12-16H2,1-2H3. The minimum atomic E-state index is 0.692. The van der Waals surface area contributed by atoms with Gasteiger partial charge in [-0.05, 0) is 56.3 Å². The van der Waals surface area contributed by atoms with Crippen molar-refractivity contribution in [3.8, 4) is 0 Å². The van der Waals surface area contributed by atoms with Gasteiger partial charge in [0.05, 0.1) is 0 Å². The summed E-state index contributed by atoms with van der Waals surface area (Å²) in [6.45, 7) is 8.91. The first-order valence-electron chi connectivity index (χ1n) is 9.20. The third kappa shape index (κ3) is 3.91. The highest BCUT2D eigenvalue weighted by Crippen LogP contribution is 2.35. The SMILES string of the molecule is CC1C(CN2CCCCCC2)CN(C)CC1c1ccccc1. The first kappa shape index (κ1) is 16.0. The second-order valence-electron chi connectivity index (χ2n) is 7.57. The Morgan fingerprint density at radius 3 is 2.32 bits per heavy atom. The molecule has 2 saturated heterocycles. The third-order valence-electron chi connectivity index (χ3n) is 5.85. The van der Waals surface area contributed by atoms with Gasteiger partial charge in [-0.25, -0.2) is 0 Å². The molecule has 2 aliphatic rings. The molecule has 2 nitrogen and oxygen atoms in total. The summed E-state index contributed by atoms with van der Waals surface area (Å²) in [4.78, 5) is 5.30. The minimum absolute atomic E-state index is 0.692. The molecule has 122 valence electrons. The second kappa shape index (κ2) is 7.61. The predicted molar refractivity (Wildman–Crippen MR) is 94.2 cm³/mol. The Bertz CT molecular complexity index is 436. The van der Waals surface area contributed by atoms with E-state index >= 15 is 0 Å². The zero-order valence-electron chi connectivity index (χ0n) is 14.4. The summed E-state index contributed by atoms with van der Waals surface area (Å²) in [6, 6.07) is 11.2. The number of likely N-dealkylation sites (tertiary alicyclic amines) is 2. The number of nitrogens with zero attached hydrogens (tertiary/aromatic N) is 2. The maximum atomic E-state index is 2.75. The van der Waals surface area contributed by atoms with E-state index in [-0.39, 0.29) is 0 Å². The van der Waals surface area contributed by atoms with E-state index in [0.29, 0.717) is 5.92 Å². The fraction of sp³-hybridized carbons (Fsp3) is 0.700. The third-order valence-corrected chi connectivity index (χ3v) is 5.85. The number of piperidine rings is 1. The molecule has 0 aromatic heterocycles. The van der Waals surface area contributed by atoms with Crippen LogP contribution in [0.15, 0.2) is 30.3 Å². The van der Waals surface area contributed by atoms with E-state index in [1.807, 2.05) is 0 Å². The lowest BCUT2D eigenvalue weighted by Gasteiger charge is -2.43. The number of rotatable bonds is 3. The van der Waals surface area contributed by atoms with Crippen molar-refractivity contribution in [3.05, 3.63) is 35.9 Å². The van der Waals surface area contributed by atoms with Gasteiger partial charge in [-0.2, -0.15) is 0 Å². The lowest BCUT2D eigenvalue weighted by atomic mass is 9.75. The molecule has 1 aromatic carbocycles. The average Bonchev–Trinajstić information content (AvgIpc) is 2.80. The first-order valence-corrected chi connectivity index (χ1v) is 9.20. The fourth-order valence-electron chi connectivity index (χ4n) is 4.46. The summed E-state index contributed by atoms with van der Waals surface area (Å²) >= 11 is 0. The van der Waals surface area contributed by atoms with E-state index in [4.69, 9.17) is 0 Å². The van der Waals surface area contributed by atoms with Gasteiger partial charge in [-0.15, -0.1) is 0 Å². The Kier molecular flexibility index (Phi) is 5.54. The quantitative estimate of drug-likeness (QED) is 0.837. The van der Waals surface area contributed by atoms with Crippen LogP contribution in [0, 0.1) is 11.8 Å². The normalized spacial score (nSPS) is 31.8. The van der Waals surface area contributed by atoms with E-state index in [0.717, 1.165) is 11.8 Å². The van der Waals surface area contributed by atoms with Gasteiger partial charge in [0.1, 0.15) is 0 Å². The van der Waals surface area contributed by atoms with Crippen molar-refractivity contribution in [2.24, 2.45) is 11.8 Å². The van der Waals surface area contributed by atoms with Crippen molar-refractivity contribution in [2.45, 2.75) is 38.5 Å². The molecule has 3 atom stereocenters. The molecule has 0 radical (unpaired) electrons. The molecule has 0 aliphatic carbocycles. The van der Waals surface area contributed by atoms with Gasteiger partial charge >= 0.3 is 0 Å². The molecule has 0 bridgehead atoms. The van der Waals surface area contributed by atoms with E-state index in [1.165, 1.54) is 64.0 Å². The Morgan fingerprint density at radius 2 is 1.64 bits per heavy atom. The van der Waals surface area contributed by atoms with Crippen LogP contribution in [0.5, 0.6) is 0 Å². The minimum Gasteiger partial charge on any atom is -0.305 e. The van der Waals surface area contributed by atoms with Gasteiger partial charge in [-0.3, -0.25) is 0 Å². The van der Waals surface area contributed by atoms with Crippen LogP contribution < -0.4 is 0 Å². The van der Waals surface area contributed by atoms with Crippen molar-refractivity contribution in [1.29, 1.82) is 0 Å². The highest BCUT2D eigenvalue weighted by atomic mass is 15.2. The molecule has 1 aromatic rings. The van der Waals surface area contributed by atoms with Crippen molar-refractivity contribution in [2.75, 3.05) is 39.8 Å². The van der Waals surface area contributed by atoms with Crippen LogP contribution in [0.3, 0.4) is 0 Å². The molecule has 2 fully saturated rings. The maximum Gasteiger partial charge on any atom is 0.00500 e. The van der Waals surface area contributed by atoms with E-state index in [2.05, 4.69) is 54.1 Å². The van der Waals surface area contributed by atoms with Crippen molar-refractivity contribution < 1.29 is 0 Å². The molecule has 22 heavy (non-hydrogen) atoms. The average molecular weight is 300 g/mol. The molecular weight excluding hydrogens is 268 g/mol. The van der Waals surface area contributed by atoms with Crippen LogP contribution in [0.25, 0.3) is 0 Å². The molecule has 2 aliphatic heterocycles. The molecular formula is C20H32N2. The van der Waals surface area contributed by atoms with E-state index < -0.39 is 0 Å².